The van der Waals surface area contributed by atoms with Crippen LogP contribution in [0.4, 0.5) is 0 Å². The molecule has 1 aromatic rings. The Morgan fingerprint density at radius 1 is 1.00 bits per heavy atom. The zero-order chi connectivity index (χ0) is 16.3. The predicted octanol–water partition coefficient (Wildman–Crippen LogP) is 1.44. The minimum atomic E-state index is -1.13. The van der Waals surface area contributed by atoms with E-state index in [0.717, 1.165) is 0 Å². The number of aliphatic hydroxyl groups excluding tert-OH is 1. The van der Waals surface area contributed by atoms with Crippen LogP contribution in [0.1, 0.15) is 32.4 Å². The molecule has 22 heavy (non-hydrogen) atoms. The summed E-state index contributed by atoms with van der Waals surface area (Å²) in [4.78, 5) is 28.0. The SMILES string of the molecule is CC(C)(C)C(=O)N1CCN(C(=O)C(O)c2ccccc2)CC1. The van der Waals surface area contributed by atoms with Crippen molar-refractivity contribution in [2.24, 2.45) is 5.41 Å². The molecular weight excluding hydrogens is 280 g/mol. The van der Waals surface area contributed by atoms with Crippen molar-refractivity contribution >= 4 is 11.8 Å². The van der Waals surface area contributed by atoms with Gasteiger partial charge in [0.1, 0.15) is 0 Å². The van der Waals surface area contributed by atoms with Gasteiger partial charge in [-0.1, -0.05) is 51.1 Å². The van der Waals surface area contributed by atoms with Crippen LogP contribution in [-0.2, 0) is 9.59 Å². The number of hydrogen-bond acceptors (Lipinski definition) is 3. The summed E-state index contributed by atoms with van der Waals surface area (Å²) in [6.07, 6.45) is -1.13. The highest BCUT2D eigenvalue weighted by atomic mass is 16.3. The van der Waals surface area contributed by atoms with Crippen LogP contribution in [0.25, 0.3) is 0 Å². The molecule has 1 aliphatic heterocycles. The molecule has 1 unspecified atom stereocenters. The van der Waals surface area contributed by atoms with Crippen LogP contribution in [0.15, 0.2) is 30.3 Å². The minimum Gasteiger partial charge on any atom is -0.378 e. The highest BCUT2D eigenvalue weighted by Crippen LogP contribution is 2.20. The highest BCUT2D eigenvalue weighted by molar-refractivity contribution is 5.84. The first-order chi connectivity index (χ1) is 10.3. The molecule has 1 saturated heterocycles. The fourth-order valence-electron chi connectivity index (χ4n) is 2.56. The first-order valence-electron chi connectivity index (χ1n) is 7.62. The Labute approximate surface area is 131 Å². The molecule has 0 bridgehead atoms. The van der Waals surface area contributed by atoms with Gasteiger partial charge in [-0.05, 0) is 5.56 Å². The number of aliphatic hydroxyl groups is 1. The minimum absolute atomic E-state index is 0.100. The van der Waals surface area contributed by atoms with Crippen molar-refractivity contribution in [3.8, 4) is 0 Å². The highest BCUT2D eigenvalue weighted by Gasteiger charge is 2.32. The summed E-state index contributed by atoms with van der Waals surface area (Å²) in [7, 11) is 0. The smallest absolute Gasteiger partial charge is 0.256 e. The third kappa shape index (κ3) is 3.65. The maximum Gasteiger partial charge on any atom is 0.256 e. The van der Waals surface area contributed by atoms with Gasteiger partial charge in [-0.3, -0.25) is 9.59 Å². The van der Waals surface area contributed by atoms with Crippen LogP contribution in [0.5, 0.6) is 0 Å². The van der Waals surface area contributed by atoms with Gasteiger partial charge in [-0.25, -0.2) is 0 Å². The number of carbonyl (C=O) groups excluding carboxylic acids is 2. The van der Waals surface area contributed by atoms with Crippen molar-refractivity contribution in [3.63, 3.8) is 0 Å². The van der Waals surface area contributed by atoms with E-state index < -0.39 is 11.5 Å². The molecule has 2 rings (SSSR count). The van der Waals surface area contributed by atoms with Gasteiger partial charge < -0.3 is 14.9 Å². The second-order valence-electron chi connectivity index (χ2n) is 6.68. The van der Waals surface area contributed by atoms with Crippen LogP contribution in [-0.4, -0.2) is 52.9 Å². The predicted molar refractivity (Wildman–Crippen MR) is 84.0 cm³/mol. The number of piperazine rings is 1. The lowest BCUT2D eigenvalue weighted by atomic mass is 9.94. The van der Waals surface area contributed by atoms with Crippen LogP contribution in [0.3, 0.4) is 0 Å². The van der Waals surface area contributed by atoms with E-state index >= 15 is 0 Å². The van der Waals surface area contributed by atoms with E-state index in [0.29, 0.717) is 31.7 Å². The second-order valence-corrected chi connectivity index (χ2v) is 6.68. The molecule has 2 amide bonds. The second kappa shape index (κ2) is 6.48. The standard InChI is InChI=1S/C17H24N2O3/c1-17(2,3)16(22)19-11-9-18(10-12-19)15(21)14(20)13-7-5-4-6-8-13/h4-8,14,20H,9-12H2,1-3H3. The summed E-state index contributed by atoms with van der Waals surface area (Å²) >= 11 is 0. The zero-order valence-corrected chi connectivity index (χ0v) is 13.5. The number of benzene rings is 1. The van der Waals surface area contributed by atoms with Gasteiger partial charge in [-0.2, -0.15) is 0 Å². The average molecular weight is 304 g/mol. The Morgan fingerprint density at radius 3 is 2.00 bits per heavy atom. The third-order valence-corrected chi connectivity index (χ3v) is 3.87. The fraction of sp³-hybridized carbons (Fsp3) is 0.529. The summed E-state index contributed by atoms with van der Waals surface area (Å²) in [5, 5.41) is 10.2. The lowest BCUT2D eigenvalue weighted by Crippen LogP contribution is -2.53. The first kappa shape index (κ1) is 16.5. The molecule has 1 atom stereocenters. The lowest BCUT2D eigenvalue weighted by molar-refractivity contribution is -0.148. The summed E-state index contributed by atoms with van der Waals surface area (Å²) < 4.78 is 0. The molecule has 120 valence electrons. The molecule has 1 heterocycles. The summed E-state index contributed by atoms with van der Waals surface area (Å²) in [5.41, 5.74) is 0.191. The molecule has 1 aliphatic rings. The summed E-state index contributed by atoms with van der Waals surface area (Å²) in [6, 6.07) is 8.92. The Kier molecular flexibility index (Phi) is 4.86. The van der Waals surface area contributed by atoms with Crippen LogP contribution < -0.4 is 0 Å². The van der Waals surface area contributed by atoms with Crippen LogP contribution in [0, 0.1) is 5.41 Å². The van der Waals surface area contributed by atoms with Gasteiger partial charge in [0.05, 0.1) is 0 Å². The number of carbonyl (C=O) groups is 2. The van der Waals surface area contributed by atoms with Gasteiger partial charge in [-0.15, -0.1) is 0 Å². The van der Waals surface area contributed by atoms with E-state index in [-0.39, 0.29) is 11.8 Å². The van der Waals surface area contributed by atoms with E-state index in [1.54, 1.807) is 34.1 Å². The van der Waals surface area contributed by atoms with E-state index in [4.69, 9.17) is 0 Å². The Morgan fingerprint density at radius 2 is 1.50 bits per heavy atom. The molecular formula is C17H24N2O3. The molecule has 0 radical (unpaired) electrons. The molecule has 1 aromatic carbocycles. The summed E-state index contributed by atoms with van der Waals surface area (Å²) in [5.74, 6) is -0.197. The quantitative estimate of drug-likeness (QED) is 0.899. The van der Waals surface area contributed by atoms with Gasteiger partial charge in [0.15, 0.2) is 6.10 Å². The van der Waals surface area contributed by atoms with Gasteiger partial charge in [0, 0.05) is 31.6 Å². The lowest BCUT2D eigenvalue weighted by Gasteiger charge is -2.38. The average Bonchev–Trinajstić information content (AvgIpc) is 2.53. The van der Waals surface area contributed by atoms with Gasteiger partial charge >= 0.3 is 0 Å². The third-order valence-electron chi connectivity index (χ3n) is 3.87. The fourth-order valence-corrected chi connectivity index (χ4v) is 2.56. The van der Waals surface area contributed by atoms with E-state index in [1.165, 1.54) is 0 Å². The van der Waals surface area contributed by atoms with E-state index in [1.807, 2.05) is 26.8 Å². The molecule has 1 N–H and O–H groups in total. The molecule has 0 spiro atoms. The first-order valence-corrected chi connectivity index (χ1v) is 7.62. The Bertz CT molecular complexity index is 529. The number of hydrogen-bond donors (Lipinski definition) is 1. The molecule has 1 fully saturated rings. The number of nitrogens with zero attached hydrogens (tertiary/aromatic N) is 2. The molecule has 0 aliphatic carbocycles. The molecule has 0 saturated carbocycles. The topological polar surface area (TPSA) is 60.9 Å². The van der Waals surface area contributed by atoms with Gasteiger partial charge in [0.2, 0.25) is 5.91 Å². The largest absolute Gasteiger partial charge is 0.378 e. The number of rotatable bonds is 2. The van der Waals surface area contributed by atoms with Crippen molar-refractivity contribution in [3.05, 3.63) is 35.9 Å². The summed E-state index contributed by atoms with van der Waals surface area (Å²) in [6.45, 7) is 7.64. The van der Waals surface area contributed by atoms with Crippen molar-refractivity contribution in [2.75, 3.05) is 26.2 Å². The van der Waals surface area contributed by atoms with Gasteiger partial charge in [0.25, 0.3) is 5.91 Å². The molecule has 0 aromatic heterocycles. The monoisotopic (exact) mass is 304 g/mol. The molecule has 5 nitrogen and oxygen atoms in total. The van der Waals surface area contributed by atoms with Crippen molar-refractivity contribution in [1.82, 2.24) is 9.80 Å². The van der Waals surface area contributed by atoms with Crippen molar-refractivity contribution in [2.45, 2.75) is 26.9 Å². The Hall–Kier alpha value is -1.88. The normalized spacial score (nSPS) is 17.3. The maximum absolute atomic E-state index is 12.3. The van der Waals surface area contributed by atoms with Crippen LogP contribution >= 0.6 is 0 Å². The maximum atomic E-state index is 12.3. The zero-order valence-electron chi connectivity index (χ0n) is 13.5. The van der Waals surface area contributed by atoms with E-state index in [9.17, 15) is 14.7 Å². The van der Waals surface area contributed by atoms with E-state index in [2.05, 4.69) is 0 Å². The van der Waals surface area contributed by atoms with Crippen LogP contribution in [0.2, 0.25) is 0 Å². The Balaban J connectivity index is 1.94. The molecule has 5 heteroatoms. The van der Waals surface area contributed by atoms with Crippen molar-refractivity contribution in [1.29, 1.82) is 0 Å². The number of amides is 2. The van der Waals surface area contributed by atoms with Crippen molar-refractivity contribution < 1.29 is 14.7 Å².